The van der Waals surface area contributed by atoms with Crippen LogP contribution in [0.1, 0.15) is 15.9 Å². The van der Waals surface area contributed by atoms with Gasteiger partial charge in [-0.1, -0.05) is 24.3 Å². The van der Waals surface area contributed by atoms with Gasteiger partial charge in [0, 0.05) is 36.0 Å². The van der Waals surface area contributed by atoms with Crippen LogP contribution in [0.4, 0.5) is 0 Å². The van der Waals surface area contributed by atoms with E-state index < -0.39 is 11.6 Å². The van der Waals surface area contributed by atoms with Crippen LogP contribution in [-0.2, 0) is 4.79 Å². The zero-order chi connectivity index (χ0) is 11.5. The Morgan fingerprint density at radius 2 is 1.81 bits per heavy atom. The van der Waals surface area contributed by atoms with E-state index in [1.54, 1.807) is 12.1 Å². The molecule has 4 nitrogen and oxygen atoms in total. The number of hydrogen-bond donors (Lipinski definition) is 2. The lowest BCUT2D eigenvalue weighted by Crippen LogP contribution is -2.27. The largest absolute Gasteiger partial charge is 0.383 e. The molecule has 0 atom stereocenters. The molecule has 0 radical (unpaired) electrons. The highest BCUT2D eigenvalue weighted by Crippen LogP contribution is 2.22. The van der Waals surface area contributed by atoms with Crippen LogP contribution in [0.25, 0.3) is 5.70 Å². The van der Waals surface area contributed by atoms with Gasteiger partial charge in [-0.2, -0.15) is 0 Å². The molecule has 0 unspecified atom stereocenters. The van der Waals surface area contributed by atoms with E-state index in [9.17, 15) is 9.59 Å². The van der Waals surface area contributed by atoms with Crippen molar-refractivity contribution >= 4 is 17.3 Å². The molecule has 1 aromatic carbocycles. The van der Waals surface area contributed by atoms with E-state index in [0.717, 1.165) is 5.56 Å². The predicted octanol–water partition coefficient (Wildman–Crippen LogP) is 0.341. The molecule has 0 aliphatic heterocycles. The predicted molar refractivity (Wildman–Crippen MR) is 60.8 cm³/mol. The fraction of sp³-hybridized carbons (Fsp3) is 0.167. The standard InChI is InChI=1S/C12H12N2O2/c13-5-6-14-10-7-11(15)12(16)9-4-2-1-3-8(9)10/h1-4,7,14H,5-6,13H2. The van der Waals surface area contributed by atoms with E-state index in [1.165, 1.54) is 6.08 Å². The van der Waals surface area contributed by atoms with Gasteiger partial charge in [0.15, 0.2) is 0 Å². The summed E-state index contributed by atoms with van der Waals surface area (Å²) in [6.07, 6.45) is 1.33. The van der Waals surface area contributed by atoms with E-state index >= 15 is 0 Å². The van der Waals surface area contributed by atoms with Crippen molar-refractivity contribution in [3.8, 4) is 0 Å². The number of Topliss-reactive ketones (excluding diaryl/α,β-unsaturated/α-hetero) is 1. The molecule has 0 saturated heterocycles. The lowest BCUT2D eigenvalue weighted by molar-refractivity contribution is -0.111. The molecule has 82 valence electrons. The van der Waals surface area contributed by atoms with Gasteiger partial charge in [-0.3, -0.25) is 9.59 Å². The van der Waals surface area contributed by atoms with Gasteiger partial charge in [-0.25, -0.2) is 0 Å². The zero-order valence-electron chi connectivity index (χ0n) is 8.69. The van der Waals surface area contributed by atoms with Crippen molar-refractivity contribution in [2.24, 2.45) is 5.73 Å². The lowest BCUT2D eigenvalue weighted by atomic mass is 9.93. The second kappa shape index (κ2) is 4.28. The molecule has 1 aliphatic carbocycles. The molecule has 0 amide bonds. The second-order valence-corrected chi connectivity index (χ2v) is 3.51. The first-order valence-corrected chi connectivity index (χ1v) is 5.07. The SMILES string of the molecule is NCCNC1=CC(=O)C(=O)c2ccccc21. The number of rotatable bonds is 3. The topological polar surface area (TPSA) is 72.2 Å². The number of carbonyl (C=O) groups excluding carboxylic acids is 2. The Labute approximate surface area is 93.1 Å². The monoisotopic (exact) mass is 216 g/mol. The normalized spacial score (nSPS) is 14.4. The number of allylic oxidation sites excluding steroid dienone is 1. The Kier molecular flexibility index (Phi) is 2.83. The van der Waals surface area contributed by atoms with Crippen molar-refractivity contribution in [1.82, 2.24) is 5.32 Å². The highest BCUT2D eigenvalue weighted by Gasteiger charge is 2.24. The highest BCUT2D eigenvalue weighted by atomic mass is 16.2. The maximum atomic E-state index is 11.6. The zero-order valence-corrected chi connectivity index (χ0v) is 8.69. The summed E-state index contributed by atoms with van der Waals surface area (Å²) in [6, 6.07) is 7.05. The van der Waals surface area contributed by atoms with Crippen LogP contribution in [0.2, 0.25) is 0 Å². The molecule has 0 saturated carbocycles. The van der Waals surface area contributed by atoms with E-state index in [1.807, 2.05) is 12.1 Å². The summed E-state index contributed by atoms with van der Waals surface area (Å²) in [4.78, 5) is 23.0. The Bertz CT molecular complexity index is 478. The van der Waals surface area contributed by atoms with Crippen LogP contribution in [0.15, 0.2) is 30.3 Å². The average Bonchev–Trinajstić information content (AvgIpc) is 2.32. The van der Waals surface area contributed by atoms with Gasteiger partial charge in [0.25, 0.3) is 0 Å². The molecule has 1 aliphatic rings. The summed E-state index contributed by atoms with van der Waals surface area (Å²) >= 11 is 0. The molecule has 0 aromatic heterocycles. The first kappa shape index (κ1) is 10.6. The number of hydrogen-bond acceptors (Lipinski definition) is 4. The van der Waals surface area contributed by atoms with Crippen molar-refractivity contribution in [2.75, 3.05) is 13.1 Å². The number of nitrogens with one attached hydrogen (secondary N) is 1. The van der Waals surface area contributed by atoms with Crippen molar-refractivity contribution < 1.29 is 9.59 Å². The molecule has 0 fully saturated rings. The molecule has 0 spiro atoms. The van der Waals surface area contributed by atoms with Crippen LogP contribution < -0.4 is 11.1 Å². The van der Waals surface area contributed by atoms with Crippen molar-refractivity contribution in [3.05, 3.63) is 41.5 Å². The van der Waals surface area contributed by atoms with Crippen LogP contribution >= 0.6 is 0 Å². The third-order valence-corrected chi connectivity index (χ3v) is 2.42. The first-order chi connectivity index (χ1) is 7.74. The smallest absolute Gasteiger partial charge is 0.233 e. The first-order valence-electron chi connectivity index (χ1n) is 5.07. The summed E-state index contributed by atoms with van der Waals surface area (Å²) in [5.41, 5.74) is 7.28. The minimum atomic E-state index is -0.488. The van der Waals surface area contributed by atoms with Gasteiger partial charge < -0.3 is 11.1 Å². The number of carbonyl (C=O) groups is 2. The minimum Gasteiger partial charge on any atom is -0.383 e. The molecule has 0 heterocycles. The van der Waals surface area contributed by atoms with Crippen LogP contribution in [0, 0.1) is 0 Å². The summed E-state index contributed by atoms with van der Waals surface area (Å²) in [6.45, 7) is 1.04. The molecule has 4 heteroatoms. The number of nitrogens with two attached hydrogens (primary N) is 1. The van der Waals surface area contributed by atoms with Crippen LogP contribution in [-0.4, -0.2) is 24.7 Å². The Morgan fingerprint density at radius 1 is 1.12 bits per heavy atom. The molecule has 3 N–H and O–H groups in total. The number of fused-ring (bicyclic) bond motifs is 1. The number of ketones is 2. The lowest BCUT2D eigenvalue weighted by Gasteiger charge is -2.17. The van der Waals surface area contributed by atoms with Crippen molar-refractivity contribution in [1.29, 1.82) is 0 Å². The molecule has 16 heavy (non-hydrogen) atoms. The van der Waals surface area contributed by atoms with Crippen LogP contribution in [0.5, 0.6) is 0 Å². The van der Waals surface area contributed by atoms with Gasteiger partial charge in [0.05, 0.1) is 0 Å². The van der Waals surface area contributed by atoms with Gasteiger partial charge in [-0.05, 0) is 0 Å². The Morgan fingerprint density at radius 3 is 2.50 bits per heavy atom. The third-order valence-electron chi connectivity index (χ3n) is 2.42. The van der Waals surface area contributed by atoms with Gasteiger partial charge in [0.1, 0.15) is 0 Å². The van der Waals surface area contributed by atoms with Crippen molar-refractivity contribution in [2.45, 2.75) is 0 Å². The average molecular weight is 216 g/mol. The second-order valence-electron chi connectivity index (χ2n) is 3.51. The third kappa shape index (κ3) is 1.75. The molecule has 0 bridgehead atoms. The van der Waals surface area contributed by atoms with Crippen LogP contribution in [0.3, 0.4) is 0 Å². The minimum absolute atomic E-state index is 0.450. The quantitative estimate of drug-likeness (QED) is 0.715. The summed E-state index contributed by atoms with van der Waals surface area (Å²) in [5.74, 6) is -0.938. The highest BCUT2D eigenvalue weighted by molar-refractivity contribution is 6.50. The Hall–Kier alpha value is -1.94. The summed E-state index contributed by atoms with van der Waals surface area (Å²) in [7, 11) is 0. The molecule has 1 aromatic rings. The van der Waals surface area contributed by atoms with E-state index in [0.29, 0.717) is 24.4 Å². The van der Waals surface area contributed by atoms with E-state index in [4.69, 9.17) is 5.73 Å². The van der Waals surface area contributed by atoms with Gasteiger partial charge in [0.2, 0.25) is 11.6 Å². The fourth-order valence-corrected chi connectivity index (χ4v) is 1.68. The Balaban J connectivity index is 2.43. The maximum absolute atomic E-state index is 11.6. The van der Waals surface area contributed by atoms with Gasteiger partial charge in [-0.15, -0.1) is 0 Å². The van der Waals surface area contributed by atoms with E-state index in [-0.39, 0.29) is 0 Å². The number of benzene rings is 1. The molecular weight excluding hydrogens is 204 g/mol. The molecule has 2 rings (SSSR count). The summed E-state index contributed by atoms with van der Waals surface area (Å²) < 4.78 is 0. The van der Waals surface area contributed by atoms with Gasteiger partial charge >= 0.3 is 0 Å². The molecular formula is C12H12N2O2. The van der Waals surface area contributed by atoms with Crippen molar-refractivity contribution in [3.63, 3.8) is 0 Å². The summed E-state index contributed by atoms with van der Waals surface area (Å²) in [5, 5.41) is 3.04. The van der Waals surface area contributed by atoms with E-state index in [2.05, 4.69) is 5.32 Å². The fourth-order valence-electron chi connectivity index (χ4n) is 1.68. The maximum Gasteiger partial charge on any atom is 0.233 e.